The summed E-state index contributed by atoms with van der Waals surface area (Å²) in [4.78, 5) is 79.5. The lowest BCUT2D eigenvalue weighted by molar-refractivity contribution is -0.137. The fraction of sp³-hybridized carbons (Fsp3) is 0.176. The predicted molar refractivity (Wildman–Crippen MR) is 373 cm³/mol. The molecule has 0 spiro atoms. The molecule has 12 aromatic rings. The molecule has 5 aromatic carbocycles. The molecule has 0 radical (unpaired) electrons. The maximum absolute atomic E-state index is 13.0. The lowest BCUT2D eigenvalue weighted by Gasteiger charge is -2.19. The van der Waals surface area contributed by atoms with Crippen molar-refractivity contribution in [3.05, 3.63) is 199 Å². The molecule has 5 amide bonds. The molecule has 0 unspecified atom stereocenters. The summed E-state index contributed by atoms with van der Waals surface area (Å²) in [6.45, 7) is 15.8. The van der Waals surface area contributed by atoms with Crippen LogP contribution in [0.3, 0.4) is 0 Å². The number of carbonyl (C=O) groups excluding carboxylic acids is 4. The van der Waals surface area contributed by atoms with E-state index in [-0.39, 0.29) is 34.9 Å². The number of carbonyl (C=O) groups is 4. The SMILES string of the molecule is CC(C)(C)OC(=O)Nc1cccc(Oc2cc(C(=O)NN)ncn2)c1.Cc1nnc(-c2cc(Oc3cccc(N)c3)ncn2)o1.Cc1nnc(-c2cc(Oc3cccc(NC(=O)Nc4ccc(Cl)c(C(F)(F)F)c4)c3)ncn2)o1.Cc1nnc(-c2cc(Oc3cccc(NC(=O)OC(C)(C)C)c3)ncn2)o1. The second-order valence-corrected chi connectivity index (χ2v) is 23.8. The van der Waals surface area contributed by atoms with Gasteiger partial charge in [-0.1, -0.05) is 35.9 Å². The molecule has 0 atom stereocenters. The van der Waals surface area contributed by atoms with Gasteiger partial charge in [0.25, 0.3) is 23.6 Å². The van der Waals surface area contributed by atoms with Crippen LogP contribution in [0.1, 0.15) is 75.3 Å². The Kier molecular flexibility index (Phi) is 25.0. The van der Waals surface area contributed by atoms with E-state index in [1.807, 2.05) is 5.43 Å². The normalized spacial score (nSPS) is 10.9. The minimum atomic E-state index is -4.65. The Morgan fingerprint density at radius 3 is 1.15 bits per heavy atom. The number of rotatable bonds is 16. The van der Waals surface area contributed by atoms with Gasteiger partial charge in [0.1, 0.15) is 82.3 Å². The van der Waals surface area contributed by atoms with Crippen molar-refractivity contribution in [1.82, 2.24) is 75.9 Å². The van der Waals surface area contributed by atoms with Gasteiger partial charge in [-0.15, -0.1) is 30.6 Å². The molecule has 0 aliphatic rings. The number of anilines is 5. The second kappa shape index (κ2) is 34.7. The molecule has 0 aliphatic heterocycles. The highest BCUT2D eigenvalue weighted by molar-refractivity contribution is 6.31. The van der Waals surface area contributed by atoms with Crippen molar-refractivity contribution in [3.63, 3.8) is 0 Å². The van der Waals surface area contributed by atoms with Crippen LogP contribution in [0, 0.1) is 20.8 Å². The van der Waals surface area contributed by atoms with Crippen molar-refractivity contribution >= 4 is 64.2 Å². The van der Waals surface area contributed by atoms with Gasteiger partial charge in [0, 0.05) is 97.7 Å². The molecule has 34 nitrogen and oxygen atoms in total. The van der Waals surface area contributed by atoms with Crippen LogP contribution < -0.4 is 57.2 Å². The van der Waals surface area contributed by atoms with E-state index in [4.69, 9.17) is 64.8 Å². The average Bonchev–Trinajstić information content (AvgIpc) is 0.899. The van der Waals surface area contributed by atoms with Crippen LogP contribution in [-0.2, 0) is 15.7 Å². The summed E-state index contributed by atoms with van der Waals surface area (Å²) in [7, 11) is 0. The summed E-state index contributed by atoms with van der Waals surface area (Å²) in [6, 6.07) is 35.2. The number of nitrogen functional groups attached to an aromatic ring is 2. The van der Waals surface area contributed by atoms with Crippen LogP contribution in [0.15, 0.2) is 178 Å². The van der Waals surface area contributed by atoms with Crippen LogP contribution in [0.5, 0.6) is 46.5 Å². The lowest BCUT2D eigenvalue weighted by Crippen LogP contribution is -2.30. The molecular formula is C68H63ClF3N21O13. The standard InChI is InChI=1S/C21H14ClF3N6O3.C18H19N5O4.C16H19N5O4.C13H11N5O2/c1-11-30-31-19(33-11)17-9-18(27-10-26-17)34-14-4-2-3-12(7-14)28-20(32)29-13-5-6-16(22)15(8-13)21(23,24)25;1-11-22-23-16(25-11)14-9-15(20-10-19-14)26-13-7-5-6-12(8-13)21-17(24)27-18(2,3)4;1-16(2,3)25-15(23)20-10-5-4-6-11(7-10)24-13-8-12(14(22)21-17)18-9-19-13;1-8-17-18-13(19-8)11-6-12(16-7-15-11)20-10-4-2-3-9(14)5-10/h2-10H,1H3,(H2,28,29,32);5-10H,1-4H3,(H,21,24);4-9H,17H2,1-3H3,(H,20,23)(H,21,22);2-7H,14H2,1H3. The summed E-state index contributed by atoms with van der Waals surface area (Å²) >= 11 is 5.59. The molecule has 546 valence electrons. The van der Waals surface area contributed by atoms with Crippen LogP contribution in [0.25, 0.3) is 34.8 Å². The first kappa shape index (κ1) is 76.3. The molecule has 7 heterocycles. The molecule has 7 aromatic heterocycles. The molecular weight excluding hydrogens is 1410 g/mol. The average molecular weight is 1470 g/mol. The van der Waals surface area contributed by atoms with E-state index in [9.17, 15) is 32.3 Å². The number of nitrogens with zero attached hydrogens (tertiary/aromatic N) is 14. The van der Waals surface area contributed by atoms with Crippen LogP contribution in [-0.4, -0.2) is 106 Å². The topological polar surface area (TPSA) is 456 Å². The maximum atomic E-state index is 13.0. The summed E-state index contributed by atoms with van der Waals surface area (Å²) in [6.07, 6.45) is -0.614. The Hall–Kier alpha value is -13.8. The Morgan fingerprint density at radius 1 is 0.434 bits per heavy atom. The summed E-state index contributed by atoms with van der Waals surface area (Å²) in [5.41, 5.74) is 8.68. The van der Waals surface area contributed by atoms with E-state index >= 15 is 0 Å². The van der Waals surface area contributed by atoms with Crippen LogP contribution in [0.4, 0.5) is 56.0 Å². The summed E-state index contributed by atoms with van der Waals surface area (Å²) in [5.74, 6) is 9.41. The molecule has 106 heavy (non-hydrogen) atoms. The third-order valence-corrected chi connectivity index (χ3v) is 12.8. The van der Waals surface area contributed by atoms with Crippen molar-refractivity contribution in [2.75, 3.05) is 27.0 Å². The first-order valence-electron chi connectivity index (χ1n) is 31.0. The molecule has 0 saturated carbocycles. The molecule has 0 fully saturated rings. The number of ether oxygens (including phenoxy) is 6. The first-order valence-corrected chi connectivity index (χ1v) is 31.3. The van der Waals surface area contributed by atoms with E-state index in [1.165, 1.54) is 49.6 Å². The number of urea groups is 1. The van der Waals surface area contributed by atoms with E-state index in [2.05, 4.69) is 91.7 Å². The maximum Gasteiger partial charge on any atom is 0.417 e. The number of hydrogen-bond donors (Lipinski definition) is 7. The van der Waals surface area contributed by atoms with Crippen molar-refractivity contribution in [1.29, 1.82) is 0 Å². The molecule has 0 aliphatic carbocycles. The van der Waals surface area contributed by atoms with Crippen molar-refractivity contribution in [2.24, 2.45) is 5.84 Å². The van der Waals surface area contributed by atoms with Crippen molar-refractivity contribution in [3.8, 4) is 81.3 Å². The molecule has 12 rings (SSSR count). The van der Waals surface area contributed by atoms with Gasteiger partial charge >= 0.3 is 24.4 Å². The number of hydrazine groups is 1. The van der Waals surface area contributed by atoms with Gasteiger partial charge in [0.05, 0.1) is 10.6 Å². The number of nitrogens with one attached hydrogen (secondary N) is 5. The number of aryl methyl sites for hydroxylation is 3. The fourth-order valence-electron chi connectivity index (χ4n) is 8.26. The number of hydrogen-bond acceptors (Lipinski definition) is 29. The first-order chi connectivity index (χ1) is 50.4. The van der Waals surface area contributed by atoms with Gasteiger partial charge < -0.3 is 58.0 Å². The van der Waals surface area contributed by atoms with Gasteiger partial charge in [0.15, 0.2) is 0 Å². The highest BCUT2D eigenvalue weighted by atomic mass is 35.5. The Morgan fingerprint density at radius 2 is 0.792 bits per heavy atom. The third kappa shape index (κ3) is 24.2. The Balaban J connectivity index is 0.000000166. The van der Waals surface area contributed by atoms with Crippen molar-refractivity contribution in [2.45, 2.75) is 79.7 Å². The largest absolute Gasteiger partial charge is 0.444 e. The predicted octanol–water partition coefficient (Wildman–Crippen LogP) is 14.3. The second-order valence-electron chi connectivity index (χ2n) is 23.4. The summed E-state index contributed by atoms with van der Waals surface area (Å²) in [5, 5.41) is 32.6. The summed E-state index contributed by atoms with van der Waals surface area (Å²) < 4.78 is 88.1. The number of halogens is 4. The van der Waals surface area contributed by atoms with E-state index in [0.717, 1.165) is 12.1 Å². The Labute approximate surface area is 604 Å². The minimum Gasteiger partial charge on any atom is -0.444 e. The zero-order chi connectivity index (χ0) is 76.1. The fourth-order valence-corrected chi connectivity index (χ4v) is 8.48. The number of benzene rings is 5. The minimum absolute atomic E-state index is 0.0653. The van der Waals surface area contributed by atoms with Gasteiger partial charge in [-0.25, -0.2) is 60.1 Å². The van der Waals surface area contributed by atoms with Crippen molar-refractivity contribution < 1.29 is 74.0 Å². The third-order valence-electron chi connectivity index (χ3n) is 12.5. The smallest absolute Gasteiger partial charge is 0.417 e. The van der Waals surface area contributed by atoms with E-state index in [1.54, 1.807) is 165 Å². The number of nitrogens with two attached hydrogens (primary N) is 2. The number of aromatic nitrogens is 14. The highest BCUT2D eigenvalue weighted by Gasteiger charge is 2.33. The van der Waals surface area contributed by atoms with Gasteiger partial charge in [-0.2, -0.15) is 13.2 Å². The zero-order valence-electron chi connectivity index (χ0n) is 57.3. The molecule has 0 bridgehead atoms. The van der Waals surface area contributed by atoms with Gasteiger partial charge in [-0.3, -0.25) is 20.9 Å². The lowest BCUT2D eigenvalue weighted by atomic mass is 10.2. The molecule has 0 saturated heterocycles. The molecule has 38 heteroatoms. The molecule has 9 N–H and O–H groups in total. The monoisotopic (exact) mass is 1470 g/mol. The van der Waals surface area contributed by atoms with Crippen LogP contribution >= 0.6 is 11.6 Å². The Bertz CT molecular complexity index is 5030. The van der Waals surface area contributed by atoms with E-state index in [0.29, 0.717) is 98.2 Å². The van der Waals surface area contributed by atoms with Crippen LogP contribution in [0.2, 0.25) is 5.02 Å². The number of amides is 5. The number of alkyl halides is 3. The highest BCUT2D eigenvalue weighted by Crippen LogP contribution is 2.37. The van der Waals surface area contributed by atoms with Gasteiger partial charge in [-0.05, 0) is 108 Å². The van der Waals surface area contributed by atoms with E-state index < -0.39 is 52.1 Å². The van der Waals surface area contributed by atoms with Gasteiger partial charge in [0.2, 0.25) is 41.2 Å². The quantitative estimate of drug-likeness (QED) is 0.0204. The zero-order valence-corrected chi connectivity index (χ0v) is 58.1.